The van der Waals surface area contributed by atoms with Crippen molar-refractivity contribution in [2.24, 2.45) is 0 Å². The molecule has 2 N–H and O–H groups in total. The molecule has 20 heavy (non-hydrogen) atoms. The lowest BCUT2D eigenvalue weighted by atomic mass is 9.91. The summed E-state index contributed by atoms with van der Waals surface area (Å²) in [5.74, 6) is -0.904. The highest BCUT2D eigenvalue weighted by Crippen LogP contribution is 2.28. The number of hydrogen-bond acceptors (Lipinski definition) is 3. The van der Waals surface area contributed by atoms with Crippen LogP contribution in [-0.2, 0) is 10.3 Å². The normalized spacial score (nSPS) is 13.5. The summed E-state index contributed by atoms with van der Waals surface area (Å²) in [5.41, 5.74) is 0.358. The van der Waals surface area contributed by atoms with Gasteiger partial charge >= 0.3 is 5.97 Å². The van der Waals surface area contributed by atoms with Gasteiger partial charge in [0, 0.05) is 10.6 Å². The largest absolute Gasteiger partial charge is 0.479 e. The van der Waals surface area contributed by atoms with E-state index in [1.54, 1.807) is 18.7 Å². The average Bonchev–Trinajstić information content (AvgIpc) is 2.48. The third kappa shape index (κ3) is 2.96. The predicted molar refractivity (Wildman–Crippen MR) is 83.3 cm³/mol. The lowest BCUT2D eigenvalue weighted by Crippen LogP contribution is -2.40. The van der Waals surface area contributed by atoms with Gasteiger partial charge in [0.2, 0.25) is 0 Å². The van der Waals surface area contributed by atoms with E-state index in [-0.39, 0.29) is 0 Å². The van der Waals surface area contributed by atoms with Crippen LogP contribution in [-0.4, -0.2) is 17.3 Å². The van der Waals surface area contributed by atoms with E-state index in [2.05, 4.69) is 5.32 Å². The molecule has 0 saturated heterocycles. The van der Waals surface area contributed by atoms with E-state index in [1.165, 1.54) is 0 Å². The van der Waals surface area contributed by atoms with Crippen molar-refractivity contribution in [3.05, 3.63) is 60.2 Å². The molecule has 2 rings (SSSR count). The predicted octanol–water partition coefficient (Wildman–Crippen LogP) is 3.82. The molecule has 0 aromatic heterocycles. The van der Waals surface area contributed by atoms with Gasteiger partial charge in [0.15, 0.2) is 5.54 Å². The van der Waals surface area contributed by atoms with Crippen molar-refractivity contribution in [3.8, 4) is 0 Å². The first-order valence-corrected chi connectivity index (χ1v) is 7.50. The molecule has 2 aromatic rings. The van der Waals surface area contributed by atoms with Crippen LogP contribution in [0.5, 0.6) is 0 Å². The van der Waals surface area contributed by atoms with Crippen molar-refractivity contribution >= 4 is 23.4 Å². The van der Waals surface area contributed by atoms with Gasteiger partial charge in [-0.05, 0) is 43.0 Å². The number of rotatable bonds is 5. The molecule has 0 spiro atoms. The van der Waals surface area contributed by atoms with Crippen LogP contribution < -0.4 is 5.32 Å². The van der Waals surface area contributed by atoms with Crippen molar-refractivity contribution in [1.29, 1.82) is 0 Å². The van der Waals surface area contributed by atoms with Gasteiger partial charge in [0.05, 0.1) is 0 Å². The number of carboxylic acids is 1. The van der Waals surface area contributed by atoms with Gasteiger partial charge in [-0.15, -0.1) is 11.8 Å². The Morgan fingerprint density at radius 3 is 2.20 bits per heavy atom. The zero-order chi connectivity index (χ0) is 14.6. The van der Waals surface area contributed by atoms with Gasteiger partial charge in [-0.1, -0.05) is 30.3 Å². The van der Waals surface area contributed by atoms with Crippen molar-refractivity contribution in [2.75, 3.05) is 11.6 Å². The summed E-state index contributed by atoms with van der Waals surface area (Å²) in [6.45, 7) is 1.68. The van der Waals surface area contributed by atoms with Gasteiger partial charge in [-0.3, -0.25) is 0 Å². The van der Waals surface area contributed by atoms with E-state index >= 15 is 0 Å². The summed E-state index contributed by atoms with van der Waals surface area (Å²) in [6, 6.07) is 17.0. The standard InChI is InChI=1S/C16H17NO2S/c1-16(15(18)19,17-13-6-4-3-5-7-13)12-8-10-14(20-2)11-9-12/h3-11,17H,1-2H3,(H,18,19). The summed E-state index contributed by atoms with van der Waals surface area (Å²) >= 11 is 1.63. The van der Waals surface area contributed by atoms with Crippen molar-refractivity contribution in [3.63, 3.8) is 0 Å². The minimum atomic E-state index is -1.15. The number of benzene rings is 2. The Morgan fingerprint density at radius 2 is 1.70 bits per heavy atom. The second kappa shape index (κ2) is 6.01. The maximum atomic E-state index is 11.7. The SMILES string of the molecule is CSc1ccc(C(C)(Nc2ccccc2)C(=O)O)cc1. The van der Waals surface area contributed by atoms with Gasteiger partial charge in [0.25, 0.3) is 0 Å². The second-order valence-electron chi connectivity index (χ2n) is 4.65. The fourth-order valence-electron chi connectivity index (χ4n) is 1.98. The molecule has 1 unspecified atom stereocenters. The van der Waals surface area contributed by atoms with Crippen LogP contribution in [0.25, 0.3) is 0 Å². The number of anilines is 1. The number of nitrogens with one attached hydrogen (secondary N) is 1. The van der Waals surface area contributed by atoms with E-state index in [0.717, 1.165) is 16.1 Å². The third-order valence-corrected chi connectivity index (χ3v) is 4.01. The Hall–Kier alpha value is -1.94. The summed E-state index contributed by atoms with van der Waals surface area (Å²) in [7, 11) is 0. The Bertz CT molecular complexity index is 583. The fraction of sp³-hybridized carbons (Fsp3) is 0.188. The van der Waals surface area contributed by atoms with Crippen molar-refractivity contribution in [2.45, 2.75) is 17.4 Å². The van der Waals surface area contributed by atoms with Gasteiger partial charge in [-0.2, -0.15) is 0 Å². The number of carboxylic acid groups (broad SMARTS) is 1. The summed E-state index contributed by atoms with van der Waals surface area (Å²) in [6.07, 6.45) is 1.99. The van der Waals surface area contributed by atoms with Crippen molar-refractivity contribution in [1.82, 2.24) is 0 Å². The summed E-state index contributed by atoms with van der Waals surface area (Å²) in [4.78, 5) is 12.8. The van der Waals surface area contributed by atoms with Gasteiger partial charge < -0.3 is 10.4 Å². The Morgan fingerprint density at radius 1 is 1.10 bits per heavy atom. The lowest BCUT2D eigenvalue weighted by Gasteiger charge is -2.28. The van der Waals surface area contributed by atoms with Crippen molar-refractivity contribution < 1.29 is 9.90 Å². The number of hydrogen-bond donors (Lipinski definition) is 2. The second-order valence-corrected chi connectivity index (χ2v) is 5.53. The Balaban J connectivity index is 2.35. The number of para-hydroxylation sites is 1. The number of carbonyl (C=O) groups is 1. The molecule has 104 valence electrons. The Kier molecular flexibility index (Phi) is 4.35. The van der Waals surface area contributed by atoms with Gasteiger partial charge in [0.1, 0.15) is 0 Å². The first-order valence-electron chi connectivity index (χ1n) is 6.27. The van der Waals surface area contributed by atoms with Crippen LogP contribution in [0.3, 0.4) is 0 Å². The first kappa shape index (κ1) is 14.5. The molecule has 0 saturated carbocycles. The lowest BCUT2D eigenvalue weighted by molar-refractivity contribution is -0.142. The quantitative estimate of drug-likeness (QED) is 0.821. The van der Waals surface area contributed by atoms with Crippen LogP contribution in [0.15, 0.2) is 59.5 Å². The summed E-state index contributed by atoms with van der Waals surface area (Å²) < 4.78 is 0. The maximum absolute atomic E-state index is 11.7. The molecule has 0 amide bonds. The molecule has 4 heteroatoms. The topological polar surface area (TPSA) is 49.3 Å². The monoisotopic (exact) mass is 287 g/mol. The van der Waals surface area contributed by atoms with Crippen LogP contribution in [0.2, 0.25) is 0 Å². The van der Waals surface area contributed by atoms with Crippen LogP contribution in [0.4, 0.5) is 5.69 Å². The first-order chi connectivity index (χ1) is 9.56. The number of aliphatic carboxylic acids is 1. The zero-order valence-corrected chi connectivity index (χ0v) is 12.3. The molecule has 0 bridgehead atoms. The van der Waals surface area contributed by atoms with E-state index in [9.17, 15) is 9.90 Å². The minimum absolute atomic E-state index is 0.728. The third-order valence-electron chi connectivity index (χ3n) is 3.26. The smallest absolute Gasteiger partial charge is 0.333 e. The highest BCUT2D eigenvalue weighted by molar-refractivity contribution is 7.98. The zero-order valence-electron chi connectivity index (χ0n) is 11.5. The molecular formula is C16H17NO2S. The molecular weight excluding hydrogens is 270 g/mol. The molecule has 0 fully saturated rings. The van der Waals surface area contributed by atoms with Crippen LogP contribution >= 0.6 is 11.8 Å². The molecule has 0 aliphatic heterocycles. The number of thioether (sulfide) groups is 1. The highest BCUT2D eigenvalue weighted by Gasteiger charge is 2.35. The van der Waals surface area contributed by atoms with E-state index in [1.807, 2.05) is 60.9 Å². The van der Waals surface area contributed by atoms with Gasteiger partial charge in [-0.25, -0.2) is 4.79 Å². The van der Waals surface area contributed by atoms with E-state index in [0.29, 0.717) is 0 Å². The molecule has 0 radical (unpaired) electrons. The van der Waals surface area contributed by atoms with Crippen LogP contribution in [0, 0.1) is 0 Å². The maximum Gasteiger partial charge on any atom is 0.333 e. The molecule has 2 aromatic carbocycles. The fourth-order valence-corrected chi connectivity index (χ4v) is 2.39. The minimum Gasteiger partial charge on any atom is -0.479 e. The van der Waals surface area contributed by atoms with Crippen LogP contribution in [0.1, 0.15) is 12.5 Å². The highest BCUT2D eigenvalue weighted by atomic mass is 32.2. The summed E-state index contributed by atoms with van der Waals surface area (Å²) in [5, 5.41) is 12.7. The molecule has 1 atom stereocenters. The van der Waals surface area contributed by atoms with E-state index < -0.39 is 11.5 Å². The molecule has 0 aliphatic carbocycles. The molecule has 0 heterocycles. The Labute approximate surface area is 123 Å². The van der Waals surface area contributed by atoms with E-state index in [4.69, 9.17) is 0 Å². The molecule has 3 nitrogen and oxygen atoms in total. The molecule has 0 aliphatic rings. The average molecular weight is 287 g/mol.